The Kier molecular flexibility index (Phi) is 5.92. The summed E-state index contributed by atoms with van der Waals surface area (Å²) in [6, 6.07) is 12.1. The van der Waals surface area contributed by atoms with Gasteiger partial charge in [0.25, 0.3) is 0 Å². The van der Waals surface area contributed by atoms with Gasteiger partial charge in [-0.15, -0.1) is 0 Å². The van der Waals surface area contributed by atoms with E-state index in [1.165, 1.54) is 31.6 Å². The van der Waals surface area contributed by atoms with E-state index in [-0.39, 0.29) is 11.4 Å². The van der Waals surface area contributed by atoms with Crippen LogP contribution in [0.15, 0.2) is 64.2 Å². The molecule has 0 spiro atoms. The molecular formula is C18H18BrN5O3S. The van der Waals surface area contributed by atoms with Gasteiger partial charge in [-0.25, -0.2) is 13.1 Å². The predicted octanol–water partition coefficient (Wildman–Crippen LogP) is 2.60. The highest BCUT2D eigenvalue weighted by molar-refractivity contribution is 9.10. The number of aryl methyl sites for hydroxylation is 1. The molecule has 3 rings (SSSR count). The van der Waals surface area contributed by atoms with Gasteiger partial charge in [0.2, 0.25) is 15.9 Å². The SMILES string of the molecule is Cc1cc(NC(=O)CN(C)S(=O)(=O)c2cccnc2)n(-c2cccc(Br)c2)n1. The number of halogens is 1. The van der Waals surface area contributed by atoms with Crippen LogP contribution < -0.4 is 5.32 Å². The van der Waals surface area contributed by atoms with Gasteiger partial charge in [-0.3, -0.25) is 9.78 Å². The molecule has 0 aliphatic carbocycles. The summed E-state index contributed by atoms with van der Waals surface area (Å²) in [4.78, 5) is 16.3. The molecule has 0 saturated carbocycles. The molecule has 0 aliphatic heterocycles. The molecule has 2 heterocycles. The van der Waals surface area contributed by atoms with Crippen LogP contribution in [0.5, 0.6) is 0 Å². The fraction of sp³-hybridized carbons (Fsp3) is 0.167. The van der Waals surface area contributed by atoms with Crippen molar-refractivity contribution in [3.63, 3.8) is 0 Å². The second kappa shape index (κ2) is 8.21. The first-order valence-electron chi connectivity index (χ1n) is 8.26. The number of amides is 1. The molecule has 0 saturated heterocycles. The highest BCUT2D eigenvalue weighted by Crippen LogP contribution is 2.20. The summed E-state index contributed by atoms with van der Waals surface area (Å²) in [5.41, 5.74) is 1.47. The zero-order chi connectivity index (χ0) is 20.3. The van der Waals surface area contributed by atoms with Gasteiger partial charge in [0.15, 0.2) is 0 Å². The molecule has 3 aromatic rings. The van der Waals surface area contributed by atoms with E-state index in [1.807, 2.05) is 31.2 Å². The zero-order valence-electron chi connectivity index (χ0n) is 15.2. The Hall–Kier alpha value is -2.56. The Morgan fingerprint density at radius 1 is 1.25 bits per heavy atom. The Bertz CT molecular complexity index is 1100. The molecule has 0 fully saturated rings. The molecule has 2 aromatic heterocycles. The number of likely N-dealkylation sites (N-methyl/N-ethyl adjacent to an activating group) is 1. The van der Waals surface area contributed by atoms with Crippen molar-refractivity contribution < 1.29 is 13.2 Å². The van der Waals surface area contributed by atoms with Gasteiger partial charge in [0.05, 0.1) is 17.9 Å². The molecule has 0 radical (unpaired) electrons. The standard InChI is InChI=1S/C18H18BrN5O3S/c1-13-9-17(24(22-13)15-6-3-5-14(19)10-15)21-18(25)12-23(2)28(26,27)16-7-4-8-20-11-16/h3-11H,12H2,1-2H3,(H,21,25). The third-order valence-corrected chi connectivity index (χ3v) is 6.14. The van der Waals surface area contributed by atoms with E-state index in [2.05, 4.69) is 31.3 Å². The molecule has 1 N–H and O–H groups in total. The number of nitrogens with one attached hydrogen (secondary N) is 1. The number of pyridine rings is 1. The summed E-state index contributed by atoms with van der Waals surface area (Å²) in [6.45, 7) is 1.46. The van der Waals surface area contributed by atoms with E-state index in [9.17, 15) is 13.2 Å². The molecule has 28 heavy (non-hydrogen) atoms. The number of sulfonamides is 1. The van der Waals surface area contributed by atoms with Crippen molar-refractivity contribution in [2.24, 2.45) is 0 Å². The number of carbonyl (C=O) groups is 1. The smallest absolute Gasteiger partial charge is 0.244 e. The largest absolute Gasteiger partial charge is 0.309 e. The average Bonchev–Trinajstić information content (AvgIpc) is 3.02. The lowest BCUT2D eigenvalue weighted by molar-refractivity contribution is -0.116. The summed E-state index contributed by atoms with van der Waals surface area (Å²) in [5, 5.41) is 7.12. The molecule has 0 unspecified atom stereocenters. The first-order chi connectivity index (χ1) is 13.3. The monoisotopic (exact) mass is 463 g/mol. The highest BCUT2D eigenvalue weighted by atomic mass is 79.9. The Labute approximate surface area is 171 Å². The molecule has 0 atom stereocenters. The van der Waals surface area contributed by atoms with Gasteiger partial charge in [-0.2, -0.15) is 9.40 Å². The first-order valence-corrected chi connectivity index (χ1v) is 10.5. The Morgan fingerprint density at radius 2 is 2.04 bits per heavy atom. The summed E-state index contributed by atoms with van der Waals surface area (Å²) in [6.07, 6.45) is 2.73. The maximum atomic E-state index is 12.5. The third-order valence-electron chi connectivity index (χ3n) is 3.86. The lowest BCUT2D eigenvalue weighted by Crippen LogP contribution is -2.35. The van der Waals surface area contributed by atoms with Crippen LogP contribution in [-0.2, 0) is 14.8 Å². The van der Waals surface area contributed by atoms with Gasteiger partial charge in [0, 0.05) is 30.0 Å². The lowest BCUT2D eigenvalue weighted by atomic mass is 10.3. The van der Waals surface area contributed by atoms with Crippen LogP contribution in [0, 0.1) is 6.92 Å². The minimum absolute atomic E-state index is 0.0281. The van der Waals surface area contributed by atoms with Crippen LogP contribution in [0.1, 0.15) is 5.69 Å². The molecule has 0 aliphatic rings. The number of hydrogen-bond donors (Lipinski definition) is 1. The van der Waals surface area contributed by atoms with Crippen molar-refractivity contribution in [1.82, 2.24) is 19.1 Å². The summed E-state index contributed by atoms with van der Waals surface area (Å²) >= 11 is 3.41. The van der Waals surface area contributed by atoms with Crippen LogP contribution in [0.2, 0.25) is 0 Å². The third kappa shape index (κ3) is 4.46. The highest BCUT2D eigenvalue weighted by Gasteiger charge is 2.23. The molecule has 1 amide bonds. The number of aromatic nitrogens is 3. The quantitative estimate of drug-likeness (QED) is 0.605. The topological polar surface area (TPSA) is 97.2 Å². The van der Waals surface area contributed by atoms with Crippen LogP contribution in [-0.4, -0.2) is 47.0 Å². The van der Waals surface area contributed by atoms with Crippen LogP contribution >= 0.6 is 15.9 Å². The Morgan fingerprint density at radius 3 is 2.71 bits per heavy atom. The van der Waals surface area contributed by atoms with Gasteiger partial charge in [-0.05, 0) is 37.3 Å². The molecular weight excluding hydrogens is 446 g/mol. The van der Waals surface area contributed by atoms with E-state index in [4.69, 9.17) is 0 Å². The fourth-order valence-electron chi connectivity index (χ4n) is 2.54. The number of benzene rings is 1. The minimum atomic E-state index is -3.81. The van der Waals surface area contributed by atoms with Crippen molar-refractivity contribution in [2.45, 2.75) is 11.8 Å². The molecule has 10 heteroatoms. The second-order valence-electron chi connectivity index (χ2n) is 6.06. The van der Waals surface area contributed by atoms with Crippen molar-refractivity contribution in [2.75, 3.05) is 18.9 Å². The fourth-order valence-corrected chi connectivity index (χ4v) is 4.02. The minimum Gasteiger partial charge on any atom is -0.309 e. The van der Waals surface area contributed by atoms with E-state index in [0.717, 1.165) is 14.5 Å². The van der Waals surface area contributed by atoms with E-state index < -0.39 is 15.9 Å². The van der Waals surface area contributed by atoms with E-state index in [0.29, 0.717) is 11.5 Å². The van der Waals surface area contributed by atoms with Crippen LogP contribution in [0.3, 0.4) is 0 Å². The van der Waals surface area contributed by atoms with Crippen molar-refractivity contribution in [3.05, 3.63) is 65.0 Å². The van der Waals surface area contributed by atoms with Gasteiger partial charge in [0.1, 0.15) is 10.7 Å². The van der Waals surface area contributed by atoms with Crippen molar-refractivity contribution in [3.8, 4) is 5.69 Å². The van der Waals surface area contributed by atoms with Gasteiger partial charge < -0.3 is 5.32 Å². The molecule has 8 nitrogen and oxygen atoms in total. The Balaban J connectivity index is 1.77. The zero-order valence-corrected chi connectivity index (χ0v) is 17.6. The maximum Gasteiger partial charge on any atom is 0.244 e. The van der Waals surface area contributed by atoms with Gasteiger partial charge in [-0.1, -0.05) is 22.0 Å². The maximum absolute atomic E-state index is 12.5. The number of anilines is 1. The summed E-state index contributed by atoms with van der Waals surface area (Å²) < 4.78 is 28.5. The molecule has 0 bridgehead atoms. The predicted molar refractivity (Wildman–Crippen MR) is 109 cm³/mol. The molecule has 146 valence electrons. The van der Waals surface area contributed by atoms with Crippen molar-refractivity contribution in [1.29, 1.82) is 0 Å². The first kappa shape index (κ1) is 20.2. The normalized spacial score (nSPS) is 11.6. The van der Waals surface area contributed by atoms with Gasteiger partial charge >= 0.3 is 0 Å². The summed E-state index contributed by atoms with van der Waals surface area (Å²) in [5.74, 6) is -0.0288. The second-order valence-corrected chi connectivity index (χ2v) is 9.02. The van der Waals surface area contributed by atoms with Crippen LogP contribution in [0.4, 0.5) is 5.82 Å². The van der Waals surface area contributed by atoms with Crippen LogP contribution in [0.25, 0.3) is 5.69 Å². The number of carbonyl (C=O) groups excluding carboxylic acids is 1. The average molecular weight is 464 g/mol. The number of nitrogens with zero attached hydrogens (tertiary/aromatic N) is 4. The number of rotatable bonds is 6. The van der Waals surface area contributed by atoms with E-state index >= 15 is 0 Å². The lowest BCUT2D eigenvalue weighted by Gasteiger charge is -2.17. The molecule has 1 aromatic carbocycles. The van der Waals surface area contributed by atoms with Crippen molar-refractivity contribution >= 4 is 37.7 Å². The summed E-state index contributed by atoms with van der Waals surface area (Å²) in [7, 11) is -2.46. The van der Waals surface area contributed by atoms with E-state index in [1.54, 1.807) is 10.7 Å². The number of hydrogen-bond acceptors (Lipinski definition) is 5.